The molecule has 102 valence electrons. The first-order valence-corrected chi connectivity index (χ1v) is 6.30. The third-order valence-electron chi connectivity index (χ3n) is 2.70. The van der Waals surface area contributed by atoms with Gasteiger partial charge in [-0.1, -0.05) is 0 Å². The quantitative estimate of drug-likeness (QED) is 0.657. The van der Waals surface area contributed by atoms with E-state index in [4.69, 9.17) is 10.5 Å². The smallest absolute Gasteiger partial charge is 0.248 e. The highest BCUT2D eigenvalue weighted by Crippen LogP contribution is 2.11. The Balaban J connectivity index is 1.70. The van der Waals surface area contributed by atoms with Crippen molar-refractivity contribution in [1.82, 2.24) is 10.6 Å². The lowest BCUT2D eigenvalue weighted by molar-refractivity contribution is 0.100. The lowest BCUT2D eigenvalue weighted by Crippen LogP contribution is -2.42. The van der Waals surface area contributed by atoms with Crippen molar-refractivity contribution in [3.63, 3.8) is 0 Å². The normalized spacial score (nSPS) is 14.2. The van der Waals surface area contributed by atoms with Crippen LogP contribution in [0.5, 0.6) is 5.75 Å². The van der Waals surface area contributed by atoms with Gasteiger partial charge in [0.25, 0.3) is 0 Å². The predicted octanol–water partition coefficient (Wildman–Crippen LogP) is 0.103. The molecule has 0 fully saturated rings. The second kappa shape index (κ2) is 6.63. The van der Waals surface area contributed by atoms with Crippen molar-refractivity contribution in [2.75, 3.05) is 26.2 Å². The monoisotopic (exact) mass is 262 g/mol. The van der Waals surface area contributed by atoms with Crippen LogP contribution in [-0.4, -0.2) is 38.1 Å². The van der Waals surface area contributed by atoms with Crippen LogP contribution in [0, 0.1) is 0 Å². The van der Waals surface area contributed by atoms with Gasteiger partial charge < -0.3 is 21.1 Å². The molecule has 0 aromatic heterocycles. The molecule has 1 aliphatic rings. The number of nitrogens with two attached hydrogens (primary N) is 1. The van der Waals surface area contributed by atoms with Gasteiger partial charge in [0.2, 0.25) is 5.91 Å². The molecule has 1 heterocycles. The van der Waals surface area contributed by atoms with Crippen molar-refractivity contribution in [1.29, 1.82) is 0 Å². The maximum absolute atomic E-state index is 10.9. The lowest BCUT2D eigenvalue weighted by Gasteiger charge is -2.16. The van der Waals surface area contributed by atoms with E-state index in [1.165, 1.54) is 0 Å². The number of aliphatic imine (C=N–C) groups is 1. The first kappa shape index (κ1) is 13.2. The number of carbonyl (C=O) groups excluding carboxylic acids is 1. The molecule has 2 rings (SSSR count). The zero-order valence-electron chi connectivity index (χ0n) is 10.7. The third-order valence-corrected chi connectivity index (χ3v) is 2.70. The van der Waals surface area contributed by atoms with E-state index >= 15 is 0 Å². The molecule has 6 nitrogen and oxygen atoms in total. The molecule has 0 spiro atoms. The number of ether oxygens (including phenoxy) is 1. The number of nitrogens with zero attached hydrogens (tertiary/aromatic N) is 1. The van der Waals surface area contributed by atoms with Gasteiger partial charge in [-0.2, -0.15) is 0 Å². The van der Waals surface area contributed by atoms with E-state index in [0.29, 0.717) is 24.5 Å². The van der Waals surface area contributed by atoms with Gasteiger partial charge in [0.05, 0.1) is 6.54 Å². The number of hydrogen-bond acceptors (Lipinski definition) is 5. The summed E-state index contributed by atoms with van der Waals surface area (Å²) in [7, 11) is 0. The summed E-state index contributed by atoms with van der Waals surface area (Å²) in [6, 6.07) is 6.77. The first-order chi connectivity index (χ1) is 9.25. The summed E-state index contributed by atoms with van der Waals surface area (Å²) >= 11 is 0. The van der Waals surface area contributed by atoms with Gasteiger partial charge in [0.15, 0.2) is 5.96 Å². The summed E-state index contributed by atoms with van der Waals surface area (Å²) in [5, 5.41) is 6.33. The zero-order chi connectivity index (χ0) is 13.5. The Bertz CT molecular complexity index is 456. The van der Waals surface area contributed by atoms with Gasteiger partial charge in [0.1, 0.15) is 12.4 Å². The Morgan fingerprint density at radius 3 is 2.84 bits per heavy atom. The molecule has 0 unspecified atom stereocenters. The number of primary amides is 1. The van der Waals surface area contributed by atoms with Crippen molar-refractivity contribution in [3.05, 3.63) is 29.8 Å². The van der Waals surface area contributed by atoms with Crippen LogP contribution in [0.3, 0.4) is 0 Å². The maximum Gasteiger partial charge on any atom is 0.248 e. The van der Waals surface area contributed by atoms with Gasteiger partial charge in [-0.3, -0.25) is 9.79 Å². The fraction of sp³-hybridized carbons (Fsp3) is 0.385. The Kier molecular flexibility index (Phi) is 4.60. The van der Waals surface area contributed by atoms with Crippen LogP contribution in [0.25, 0.3) is 0 Å². The molecule has 1 aromatic rings. The largest absolute Gasteiger partial charge is 0.492 e. The lowest BCUT2D eigenvalue weighted by atomic mass is 10.2. The van der Waals surface area contributed by atoms with Crippen molar-refractivity contribution >= 4 is 11.9 Å². The summed E-state index contributed by atoms with van der Waals surface area (Å²) in [5.41, 5.74) is 5.64. The molecule has 0 bridgehead atoms. The van der Waals surface area contributed by atoms with Crippen LogP contribution in [0.4, 0.5) is 0 Å². The number of guanidine groups is 1. The third kappa shape index (κ3) is 4.17. The van der Waals surface area contributed by atoms with Crippen molar-refractivity contribution < 1.29 is 9.53 Å². The fourth-order valence-electron chi connectivity index (χ4n) is 1.70. The summed E-state index contributed by atoms with van der Waals surface area (Å²) in [4.78, 5) is 15.2. The molecule has 0 aliphatic carbocycles. The highest BCUT2D eigenvalue weighted by Gasteiger charge is 2.03. The molecule has 1 amide bonds. The number of rotatable bonds is 5. The molecule has 1 aliphatic heterocycles. The van der Waals surface area contributed by atoms with E-state index in [9.17, 15) is 4.79 Å². The van der Waals surface area contributed by atoms with Crippen LogP contribution in [0.15, 0.2) is 29.3 Å². The molecule has 6 heteroatoms. The molecule has 0 saturated carbocycles. The molecule has 1 aromatic carbocycles. The molecule has 0 atom stereocenters. The summed E-state index contributed by atoms with van der Waals surface area (Å²) in [5.74, 6) is 1.11. The average Bonchev–Trinajstić information content (AvgIpc) is 2.45. The predicted molar refractivity (Wildman–Crippen MR) is 73.4 cm³/mol. The van der Waals surface area contributed by atoms with E-state index in [1.54, 1.807) is 24.3 Å². The van der Waals surface area contributed by atoms with Crippen LogP contribution in [0.1, 0.15) is 16.8 Å². The van der Waals surface area contributed by atoms with Crippen molar-refractivity contribution in [2.24, 2.45) is 10.7 Å². The summed E-state index contributed by atoms with van der Waals surface area (Å²) < 4.78 is 5.53. The number of carbonyl (C=O) groups is 1. The van der Waals surface area contributed by atoms with Gasteiger partial charge in [-0.05, 0) is 30.7 Å². The second-order valence-corrected chi connectivity index (χ2v) is 4.17. The van der Waals surface area contributed by atoms with Crippen LogP contribution >= 0.6 is 0 Å². The fourth-order valence-corrected chi connectivity index (χ4v) is 1.70. The number of hydrogen-bond donors (Lipinski definition) is 3. The minimum Gasteiger partial charge on any atom is -0.492 e. The van der Waals surface area contributed by atoms with Gasteiger partial charge in [-0.15, -0.1) is 0 Å². The zero-order valence-corrected chi connectivity index (χ0v) is 10.7. The Labute approximate surface area is 112 Å². The molecule has 19 heavy (non-hydrogen) atoms. The standard InChI is InChI=1S/C13H18N4O2/c14-12(18)10-2-4-11(5-3-10)19-9-8-17-13-15-6-1-7-16-13/h2-5H,1,6-9H2,(H2,14,18)(H2,15,16,17). The molecular formula is C13H18N4O2. The first-order valence-electron chi connectivity index (χ1n) is 6.30. The minimum absolute atomic E-state index is 0.436. The molecular weight excluding hydrogens is 244 g/mol. The number of benzene rings is 1. The van der Waals surface area contributed by atoms with Crippen molar-refractivity contribution in [2.45, 2.75) is 6.42 Å². The van der Waals surface area contributed by atoms with E-state index < -0.39 is 5.91 Å². The van der Waals surface area contributed by atoms with Crippen LogP contribution in [0.2, 0.25) is 0 Å². The van der Waals surface area contributed by atoms with Gasteiger partial charge in [-0.25, -0.2) is 0 Å². The Morgan fingerprint density at radius 1 is 1.42 bits per heavy atom. The van der Waals surface area contributed by atoms with E-state index in [0.717, 1.165) is 25.5 Å². The van der Waals surface area contributed by atoms with Gasteiger partial charge >= 0.3 is 0 Å². The average molecular weight is 262 g/mol. The maximum atomic E-state index is 10.9. The van der Waals surface area contributed by atoms with Crippen molar-refractivity contribution in [3.8, 4) is 5.75 Å². The second-order valence-electron chi connectivity index (χ2n) is 4.17. The highest BCUT2D eigenvalue weighted by molar-refractivity contribution is 5.92. The van der Waals surface area contributed by atoms with Crippen LogP contribution in [-0.2, 0) is 0 Å². The number of nitrogens with one attached hydrogen (secondary N) is 2. The molecule has 0 saturated heterocycles. The van der Waals surface area contributed by atoms with Gasteiger partial charge in [0, 0.05) is 18.7 Å². The Morgan fingerprint density at radius 2 is 2.21 bits per heavy atom. The highest BCUT2D eigenvalue weighted by atomic mass is 16.5. The minimum atomic E-state index is -0.436. The summed E-state index contributed by atoms with van der Waals surface area (Å²) in [6.45, 7) is 3.02. The SMILES string of the molecule is NC(=O)c1ccc(OCCNC2=NCCCN2)cc1. The summed E-state index contributed by atoms with van der Waals surface area (Å²) in [6.07, 6.45) is 1.08. The topological polar surface area (TPSA) is 88.7 Å². The van der Waals surface area contributed by atoms with E-state index in [1.807, 2.05) is 0 Å². The number of amides is 1. The van der Waals surface area contributed by atoms with E-state index in [-0.39, 0.29) is 0 Å². The Hall–Kier alpha value is -2.24. The van der Waals surface area contributed by atoms with Crippen LogP contribution < -0.4 is 21.1 Å². The van der Waals surface area contributed by atoms with E-state index in [2.05, 4.69) is 15.6 Å². The molecule has 0 radical (unpaired) electrons. The molecule has 4 N–H and O–H groups in total.